The number of hydrogen-bond acceptors (Lipinski definition) is 6. The molecule has 0 spiro atoms. The molecule has 0 unspecified atom stereocenters. The fourth-order valence-corrected chi connectivity index (χ4v) is 4.54. The molecule has 4 rings (SSSR count). The van der Waals surface area contributed by atoms with Crippen molar-refractivity contribution in [1.29, 1.82) is 0 Å². The molecule has 0 atom stereocenters. The van der Waals surface area contributed by atoms with Gasteiger partial charge in [-0.1, -0.05) is 30.3 Å². The Kier molecular flexibility index (Phi) is 6.11. The van der Waals surface area contributed by atoms with Crippen LogP contribution in [0.1, 0.15) is 11.5 Å². The van der Waals surface area contributed by atoms with Gasteiger partial charge in [-0.15, -0.1) is 10.2 Å². The third kappa shape index (κ3) is 5.33. The van der Waals surface area contributed by atoms with E-state index in [0.717, 1.165) is 0 Å². The van der Waals surface area contributed by atoms with Crippen LogP contribution in [0.3, 0.4) is 0 Å². The highest BCUT2D eigenvalue weighted by atomic mass is 32.2. The number of benzene rings is 2. The standard InChI is InChI=1S/C21H19F3N4O4S/c22-21(23,24)19-26-25-18(32-19)16-8-6-15(7-9-16)14-28(17-4-2-1-3-5-17)20(29)27-10-12-33(30,31)13-11-27/h1-9H,10-14H2. The smallest absolute Gasteiger partial charge is 0.413 e. The van der Waals surface area contributed by atoms with Crippen molar-refractivity contribution in [2.24, 2.45) is 0 Å². The molecule has 1 saturated heterocycles. The Labute approximate surface area is 187 Å². The first-order valence-corrected chi connectivity index (χ1v) is 11.8. The minimum Gasteiger partial charge on any atom is -0.413 e. The van der Waals surface area contributed by atoms with Gasteiger partial charge in [0.1, 0.15) is 0 Å². The number of halogens is 3. The zero-order valence-electron chi connectivity index (χ0n) is 17.2. The molecule has 8 nitrogen and oxygen atoms in total. The Bertz CT molecular complexity index is 1210. The summed E-state index contributed by atoms with van der Waals surface area (Å²) in [6.07, 6.45) is -4.73. The minimum atomic E-state index is -4.73. The predicted octanol–water partition coefficient (Wildman–Crippen LogP) is 3.61. The number of aromatic nitrogens is 2. The molecule has 1 aliphatic rings. The molecule has 2 amide bonds. The number of carbonyl (C=O) groups is 1. The second kappa shape index (κ2) is 8.85. The van der Waals surface area contributed by atoms with Crippen molar-refractivity contribution in [3.8, 4) is 11.5 Å². The van der Waals surface area contributed by atoms with Gasteiger partial charge in [-0.05, 0) is 29.8 Å². The molecule has 33 heavy (non-hydrogen) atoms. The minimum absolute atomic E-state index is 0.0832. The highest BCUT2D eigenvalue weighted by Gasteiger charge is 2.38. The van der Waals surface area contributed by atoms with Gasteiger partial charge in [0.05, 0.1) is 18.1 Å². The van der Waals surface area contributed by atoms with Crippen molar-refractivity contribution < 1.29 is 30.8 Å². The highest BCUT2D eigenvalue weighted by Crippen LogP contribution is 2.30. The number of amides is 2. The van der Waals surface area contributed by atoms with Crippen LogP contribution >= 0.6 is 0 Å². The van der Waals surface area contributed by atoms with E-state index in [1.165, 1.54) is 21.9 Å². The van der Waals surface area contributed by atoms with E-state index in [4.69, 9.17) is 4.42 Å². The molecule has 2 aromatic carbocycles. The molecule has 3 aromatic rings. The van der Waals surface area contributed by atoms with Crippen molar-refractivity contribution in [3.05, 3.63) is 66.1 Å². The molecule has 0 aliphatic carbocycles. The van der Waals surface area contributed by atoms with Gasteiger partial charge in [0, 0.05) is 24.3 Å². The summed E-state index contributed by atoms with van der Waals surface area (Å²) < 4.78 is 66.2. The lowest BCUT2D eigenvalue weighted by molar-refractivity contribution is -0.156. The van der Waals surface area contributed by atoms with Crippen molar-refractivity contribution in [2.45, 2.75) is 12.7 Å². The Morgan fingerprint density at radius 1 is 1.00 bits per heavy atom. The first-order valence-electron chi connectivity index (χ1n) is 9.94. The van der Waals surface area contributed by atoms with E-state index < -0.39 is 21.9 Å². The van der Waals surface area contributed by atoms with E-state index in [0.29, 0.717) is 16.8 Å². The molecular formula is C21H19F3N4O4S. The molecule has 1 aromatic heterocycles. The fourth-order valence-electron chi connectivity index (χ4n) is 3.34. The van der Waals surface area contributed by atoms with Gasteiger partial charge >= 0.3 is 18.1 Å². The summed E-state index contributed by atoms with van der Waals surface area (Å²) >= 11 is 0. The average Bonchev–Trinajstić information content (AvgIpc) is 3.29. The van der Waals surface area contributed by atoms with E-state index >= 15 is 0 Å². The largest absolute Gasteiger partial charge is 0.470 e. The van der Waals surface area contributed by atoms with Crippen LogP contribution in [-0.2, 0) is 22.6 Å². The molecular weight excluding hydrogens is 461 g/mol. The van der Waals surface area contributed by atoms with E-state index in [9.17, 15) is 26.4 Å². The van der Waals surface area contributed by atoms with Crippen molar-refractivity contribution >= 4 is 21.6 Å². The monoisotopic (exact) mass is 480 g/mol. The van der Waals surface area contributed by atoms with Crippen molar-refractivity contribution in [1.82, 2.24) is 15.1 Å². The van der Waals surface area contributed by atoms with Crippen molar-refractivity contribution in [3.63, 3.8) is 0 Å². The Hall–Kier alpha value is -3.41. The van der Waals surface area contributed by atoms with E-state index in [1.807, 2.05) is 6.07 Å². The Morgan fingerprint density at radius 2 is 1.64 bits per heavy atom. The third-order valence-electron chi connectivity index (χ3n) is 5.12. The van der Waals surface area contributed by atoms with Crippen LogP contribution in [0.15, 0.2) is 59.0 Å². The molecule has 2 heterocycles. The van der Waals surface area contributed by atoms with Crippen LogP contribution in [0.25, 0.3) is 11.5 Å². The summed E-state index contributed by atoms with van der Waals surface area (Å²) in [4.78, 5) is 16.2. The number of nitrogens with zero attached hydrogens (tertiary/aromatic N) is 4. The van der Waals surface area contributed by atoms with Crippen LogP contribution in [0.5, 0.6) is 0 Å². The molecule has 1 fully saturated rings. The van der Waals surface area contributed by atoms with E-state index in [-0.39, 0.29) is 43.1 Å². The lowest BCUT2D eigenvalue weighted by Crippen LogP contribution is -2.49. The summed E-state index contributed by atoms with van der Waals surface area (Å²) in [5.41, 5.74) is 1.64. The fraction of sp³-hybridized carbons (Fsp3) is 0.286. The number of urea groups is 1. The number of anilines is 1. The molecule has 1 aliphatic heterocycles. The maximum absolute atomic E-state index is 13.2. The molecule has 0 saturated carbocycles. The lowest BCUT2D eigenvalue weighted by atomic mass is 10.1. The number of sulfone groups is 1. The maximum Gasteiger partial charge on any atom is 0.470 e. The third-order valence-corrected chi connectivity index (χ3v) is 6.73. The zero-order valence-corrected chi connectivity index (χ0v) is 18.0. The zero-order chi connectivity index (χ0) is 23.6. The average molecular weight is 480 g/mol. The van der Waals surface area contributed by atoms with Gasteiger partial charge in [0.15, 0.2) is 9.84 Å². The second-order valence-electron chi connectivity index (χ2n) is 7.45. The predicted molar refractivity (Wildman–Crippen MR) is 113 cm³/mol. The first kappa shape index (κ1) is 22.8. The molecule has 0 N–H and O–H groups in total. The molecule has 12 heteroatoms. The highest BCUT2D eigenvalue weighted by molar-refractivity contribution is 7.91. The number of alkyl halides is 3. The lowest BCUT2D eigenvalue weighted by Gasteiger charge is -2.33. The van der Waals surface area contributed by atoms with E-state index in [2.05, 4.69) is 10.2 Å². The summed E-state index contributed by atoms with van der Waals surface area (Å²) in [5.74, 6) is -1.86. The van der Waals surface area contributed by atoms with Gasteiger partial charge in [-0.25, -0.2) is 13.2 Å². The van der Waals surface area contributed by atoms with Gasteiger partial charge in [0.25, 0.3) is 0 Å². The first-order chi connectivity index (χ1) is 15.6. The Balaban J connectivity index is 1.54. The van der Waals surface area contributed by atoms with Crippen LogP contribution in [0.4, 0.5) is 23.7 Å². The second-order valence-corrected chi connectivity index (χ2v) is 9.75. The van der Waals surface area contributed by atoms with Crippen LogP contribution in [-0.4, -0.2) is 54.1 Å². The van der Waals surface area contributed by atoms with Crippen molar-refractivity contribution in [2.75, 3.05) is 29.5 Å². The summed E-state index contributed by atoms with van der Waals surface area (Å²) in [6.45, 7) is 0.397. The number of para-hydroxylation sites is 1. The van der Waals surface area contributed by atoms with Crippen LogP contribution in [0, 0.1) is 0 Å². The van der Waals surface area contributed by atoms with Gasteiger partial charge in [-0.3, -0.25) is 4.90 Å². The van der Waals surface area contributed by atoms with Crippen LogP contribution in [0.2, 0.25) is 0 Å². The normalized spacial score (nSPS) is 15.9. The number of hydrogen-bond donors (Lipinski definition) is 0. The Morgan fingerprint density at radius 3 is 2.21 bits per heavy atom. The molecule has 174 valence electrons. The number of rotatable bonds is 4. The van der Waals surface area contributed by atoms with Gasteiger partial charge in [0.2, 0.25) is 5.89 Å². The molecule has 0 bridgehead atoms. The SMILES string of the molecule is O=C(N1CCS(=O)(=O)CC1)N(Cc1ccc(-c2nnc(C(F)(F)F)o2)cc1)c1ccccc1. The molecule has 0 radical (unpaired) electrons. The van der Waals surface area contributed by atoms with Gasteiger partial charge in [-0.2, -0.15) is 13.2 Å². The van der Waals surface area contributed by atoms with Gasteiger partial charge < -0.3 is 9.32 Å². The summed E-state index contributed by atoms with van der Waals surface area (Å²) in [7, 11) is -3.14. The number of carbonyl (C=O) groups excluding carboxylic acids is 1. The topological polar surface area (TPSA) is 96.6 Å². The van der Waals surface area contributed by atoms with Crippen LogP contribution < -0.4 is 4.90 Å². The van der Waals surface area contributed by atoms with E-state index in [1.54, 1.807) is 36.4 Å². The summed E-state index contributed by atoms with van der Waals surface area (Å²) in [5, 5.41) is 6.45. The summed E-state index contributed by atoms with van der Waals surface area (Å²) in [6, 6.07) is 15.0. The maximum atomic E-state index is 13.2. The quantitative estimate of drug-likeness (QED) is 0.566.